The predicted octanol–water partition coefficient (Wildman–Crippen LogP) is 26.5. The van der Waals surface area contributed by atoms with E-state index in [2.05, 4.69) is 184 Å². The second-order valence-corrected chi connectivity index (χ2v) is 41.1. The number of ether oxygens (including phenoxy) is 4. The standard InChI is InChI=1S/C21H26N2O3.C21H26N2O2.C21H24N2O2.C17H19N3O.C16H18N2.C11H16N2O2.C10H10O/c1-20(2,3)26-19(24)23-18-13-15(11-12-22-18)14-21(25,17-9-10-17)16-7-5-4-6-8-16;2*1-21(2,3)25-20(24)23-19-14-15(11-12-22-19)13-18(17-9-10-17)16-7-5-4-6-8-16;18-17(21)20-16-11-12(8-9-19-16)10-15(14-6-7-14)13-4-2-1-3-5-13;17-16-11-12(8-9-18-16)10-15(14-6-7-14)13-4-2-1-3-5-13;1-8-5-6-12-9(7-8)13-10(14)15-11(2,3)4;11-10(9-6-7-9)8-4-2-1-3-5-8/h4-8,11-13,17,25H,9-10,14H2,1-3H3,(H,22,23,24);4-8,11-12,14,17-18H,9-10,13H2,1-3H3,(H,22,23,24);4-8,11-14,17H,9-10H2,1-3H3,(H,22,23,24);1-5,8-9,11,14-15H,6-7,10H2,(H3,18,19,20,21);1-5,8-9,11,14-15H,6-7,10H2,(H2,17,18);5-7H,1-4H3,(H,12,13,14);1-5,9H,6-7H2. The summed E-state index contributed by atoms with van der Waals surface area (Å²) >= 11 is 0. The fraction of sp³-hybridized carbons (Fsp3) is 0.368. The van der Waals surface area contributed by atoms with Gasteiger partial charge in [0.2, 0.25) is 0 Å². The molecule has 6 aliphatic carbocycles. The van der Waals surface area contributed by atoms with Gasteiger partial charge in [-0.2, -0.15) is 0 Å². The van der Waals surface area contributed by atoms with Gasteiger partial charge < -0.3 is 35.5 Å². The smallest absolute Gasteiger partial charge is 0.413 e. The largest absolute Gasteiger partial charge is 0.444 e. The number of ketones is 1. The molecule has 6 aliphatic rings. The molecular formula is C117H139N13O11. The highest BCUT2D eigenvalue weighted by Crippen LogP contribution is 2.50. The summed E-state index contributed by atoms with van der Waals surface area (Å²) in [6, 6.07) is 84.4. The summed E-state index contributed by atoms with van der Waals surface area (Å²) in [5.41, 5.74) is 23.1. The Labute approximate surface area is 831 Å². The van der Waals surface area contributed by atoms with Gasteiger partial charge >= 0.3 is 30.4 Å². The van der Waals surface area contributed by atoms with E-state index in [0.717, 1.165) is 90.5 Å². The van der Waals surface area contributed by atoms with Crippen molar-refractivity contribution in [1.29, 1.82) is 0 Å². The molecule has 4 unspecified atom stereocenters. The number of nitrogens with one attached hydrogen (secondary N) is 5. The van der Waals surface area contributed by atoms with Crippen molar-refractivity contribution in [2.45, 2.75) is 239 Å². The number of benzene rings is 6. The van der Waals surface area contributed by atoms with Crippen LogP contribution in [0.3, 0.4) is 0 Å². The van der Waals surface area contributed by atoms with Crippen LogP contribution < -0.4 is 38.1 Å². The molecule has 18 rings (SSSR count). The van der Waals surface area contributed by atoms with Crippen LogP contribution in [-0.4, -0.2) is 93.6 Å². The van der Waals surface area contributed by atoms with Crippen LogP contribution in [0.4, 0.5) is 58.9 Å². The summed E-state index contributed by atoms with van der Waals surface area (Å²) in [6.45, 7) is 23.8. The number of carbonyl (C=O) groups is 6. The number of hydrogen-bond donors (Lipinski definition) is 8. The number of urea groups is 1. The molecule has 6 fully saturated rings. The van der Waals surface area contributed by atoms with Crippen molar-refractivity contribution in [2.24, 2.45) is 41.2 Å². The Hall–Kier alpha value is -14.3. The van der Waals surface area contributed by atoms with Crippen LogP contribution in [-0.2, 0) is 50.2 Å². The number of carbonyl (C=O) groups excluding carboxylic acids is 6. The number of aliphatic hydroxyl groups is 1. The van der Waals surface area contributed by atoms with Gasteiger partial charge in [0.15, 0.2) is 5.78 Å². The first-order chi connectivity index (χ1) is 67.4. The highest BCUT2D eigenvalue weighted by Gasteiger charge is 2.45. The van der Waals surface area contributed by atoms with Gasteiger partial charge in [-0.05, 0) is 373 Å². The number of aryl methyl sites for hydroxylation is 1. The Morgan fingerprint density at radius 1 is 0.362 bits per heavy atom. The first-order valence-corrected chi connectivity index (χ1v) is 49.2. The third kappa shape index (κ3) is 38.1. The number of aromatic nitrogens is 6. The topological polar surface area (TPSA) is 349 Å². The van der Waals surface area contributed by atoms with E-state index in [-0.39, 0.29) is 5.92 Å². The molecule has 6 aromatic carbocycles. The van der Waals surface area contributed by atoms with Gasteiger partial charge in [-0.1, -0.05) is 188 Å². The Balaban J connectivity index is 0.000000149. The molecule has 141 heavy (non-hydrogen) atoms. The lowest BCUT2D eigenvalue weighted by Crippen LogP contribution is -2.31. The predicted molar refractivity (Wildman–Crippen MR) is 561 cm³/mol. The Morgan fingerprint density at radius 2 is 0.681 bits per heavy atom. The zero-order chi connectivity index (χ0) is 101. The summed E-state index contributed by atoms with van der Waals surface area (Å²) < 4.78 is 20.9. The molecular weight excluding hydrogens is 1760 g/mol. The lowest BCUT2D eigenvalue weighted by Gasteiger charge is -2.29. The van der Waals surface area contributed by atoms with Crippen LogP contribution in [0.1, 0.15) is 249 Å². The zero-order valence-corrected chi connectivity index (χ0v) is 83.7. The molecule has 0 aliphatic heterocycles. The molecule has 0 radical (unpaired) electrons. The lowest BCUT2D eigenvalue weighted by atomic mass is 9.83. The maximum Gasteiger partial charge on any atom is 0.413 e. The number of allylic oxidation sites excluding steroid dienone is 1. The minimum Gasteiger partial charge on any atom is -0.444 e. The van der Waals surface area contributed by atoms with Gasteiger partial charge in [0.05, 0.1) is 5.60 Å². The van der Waals surface area contributed by atoms with Crippen LogP contribution in [0.2, 0.25) is 0 Å². The molecule has 6 aromatic heterocycles. The highest BCUT2D eigenvalue weighted by molar-refractivity contribution is 5.99. The molecule has 738 valence electrons. The first-order valence-electron chi connectivity index (χ1n) is 49.2. The van der Waals surface area contributed by atoms with Gasteiger partial charge in [-0.15, -0.1) is 0 Å². The van der Waals surface area contributed by atoms with Crippen LogP contribution in [0.5, 0.6) is 0 Å². The highest BCUT2D eigenvalue weighted by atomic mass is 16.6. The molecule has 6 amide bonds. The minimum absolute atomic E-state index is 0.264. The fourth-order valence-corrected chi connectivity index (χ4v) is 16.5. The van der Waals surface area contributed by atoms with E-state index in [0.29, 0.717) is 76.7 Å². The average molecular weight is 1900 g/mol. The third-order valence-electron chi connectivity index (χ3n) is 23.9. The molecule has 24 nitrogen and oxygen atoms in total. The molecule has 24 heteroatoms. The van der Waals surface area contributed by atoms with E-state index < -0.39 is 58.4 Å². The molecule has 6 saturated carbocycles. The molecule has 0 bridgehead atoms. The van der Waals surface area contributed by atoms with Crippen molar-refractivity contribution in [2.75, 3.05) is 32.3 Å². The minimum atomic E-state index is -0.897. The zero-order valence-electron chi connectivity index (χ0n) is 83.7. The van der Waals surface area contributed by atoms with E-state index in [1.807, 2.05) is 211 Å². The Morgan fingerprint density at radius 3 is 1.04 bits per heavy atom. The van der Waals surface area contributed by atoms with Crippen LogP contribution in [0.15, 0.2) is 292 Å². The normalized spacial score (nSPS) is 15.3. The molecule has 4 atom stereocenters. The van der Waals surface area contributed by atoms with E-state index in [1.54, 1.807) is 49.3 Å². The van der Waals surface area contributed by atoms with Gasteiger partial charge in [-0.3, -0.25) is 31.4 Å². The van der Waals surface area contributed by atoms with Crippen LogP contribution in [0, 0.1) is 42.4 Å². The van der Waals surface area contributed by atoms with E-state index >= 15 is 0 Å². The maximum absolute atomic E-state index is 11.9. The Bertz CT molecular complexity index is 6050. The second kappa shape index (κ2) is 50.0. The van der Waals surface area contributed by atoms with E-state index in [9.17, 15) is 33.9 Å². The number of nitrogens with zero attached hydrogens (tertiary/aromatic N) is 6. The number of Topliss-reactive ketones (excluding diaryl/α,β-unsaturated/α-hetero) is 1. The third-order valence-corrected chi connectivity index (χ3v) is 23.9. The fourth-order valence-electron chi connectivity index (χ4n) is 16.5. The Kier molecular flexibility index (Phi) is 37.5. The van der Waals surface area contributed by atoms with Gasteiger partial charge in [-0.25, -0.2) is 53.9 Å². The number of primary amides is 1. The summed E-state index contributed by atoms with van der Waals surface area (Å²) in [7, 11) is 0. The summed E-state index contributed by atoms with van der Waals surface area (Å²) in [6.07, 6.45) is 28.5. The van der Waals surface area contributed by atoms with E-state index in [1.165, 1.54) is 95.9 Å². The number of amides is 6. The second-order valence-electron chi connectivity index (χ2n) is 41.1. The number of nitrogen functional groups attached to an aromatic ring is 1. The average Bonchev–Trinajstić information content (AvgIpc) is 1.62. The van der Waals surface area contributed by atoms with Crippen molar-refractivity contribution in [3.63, 3.8) is 0 Å². The number of anilines is 6. The SMILES string of the molecule is CC(C)(C)OC(=O)Nc1cc(C=C(c2ccccc2)C2CC2)ccn1.CC(C)(C)OC(=O)Nc1cc(CC(O)(c2ccccc2)C2CC2)ccn1.CC(C)(C)OC(=O)Nc1cc(CC(c2ccccc2)C2CC2)ccn1.Cc1ccnc(NC(=O)OC(C)(C)C)c1.NC(=O)Nc1cc(CC(c2ccccc2)C2CC2)ccn1.Nc1cc(CC(c2ccccc2)C2CC2)ccn1.O=C(c1ccccc1)C1CC1. The van der Waals surface area contributed by atoms with Crippen molar-refractivity contribution < 1.29 is 52.8 Å². The van der Waals surface area contributed by atoms with Gasteiger partial charge in [0.1, 0.15) is 57.3 Å². The number of pyridine rings is 6. The number of hydrogen-bond acceptors (Lipinski definition) is 18. The molecule has 0 saturated heterocycles. The molecule has 0 spiro atoms. The van der Waals surface area contributed by atoms with Crippen molar-refractivity contribution >= 4 is 82.7 Å². The van der Waals surface area contributed by atoms with Gasteiger partial charge in [0.25, 0.3) is 0 Å². The monoisotopic (exact) mass is 1900 g/mol. The number of nitrogens with two attached hydrogens (primary N) is 2. The molecule has 12 aromatic rings. The molecule has 10 N–H and O–H groups in total. The first kappa shape index (κ1) is 106. The van der Waals surface area contributed by atoms with Crippen molar-refractivity contribution in [1.82, 2.24) is 29.9 Å². The van der Waals surface area contributed by atoms with Gasteiger partial charge in [0, 0.05) is 55.1 Å². The van der Waals surface area contributed by atoms with Crippen LogP contribution >= 0.6 is 0 Å². The quantitative estimate of drug-likeness (QED) is 0.0184. The lowest BCUT2D eigenvalue weighted by molar-refractivity contribution is 0.0131. The van der Waals surface area contributed by atoms with Crippen molar-refractivity contribution in [3.05, 3.63) is 359 Å². The van der Waals surface area contributed by atoms with E-state index in [4.69, 9.17) is 30.4 Å². The van der Waals surface area contributed by atoms with Crippen molar-refractivity contribution in [3.8, 4) is 0 Å². The summed E-state index contributed by atoms with van der Waals surface area (Å²) in [5, 5.41) is 24.5. The van der Waals surface area contributed by atoms with Crippen LogP contribution in [0.25, 0.3) is 11.6 Å². The molecule has 6 heterocycles. The maximum atomic E-state index is 11.9. The summed E-state index contributed by atoms with van der Waals surface area (Å²) in [4.78, 5) is 94.3. The summed E-state index contributed by atoms with van der Waals surface area (Å²) in [5.74, 6) is 8.72. The number of rotatable bonds is 26.